The van der Waals surface area contributed by atoms with E-state index in [1.165, 1.54) is 11.3 Å². The molecule has 0 aromatic carbocycles. The van der Waals surface area contributed by atoms with Crippen LogP contribution in [0.4, 0.5) is 0 Å². The van der Waals surface area contributed by atoms with Crippen LogP contribution in [0.25, 0.3) is 0 Å². The Labute approximate surface area is 117 Å². The number of amides is 1. The second-order valence-corrected chi connectivity index (χ2v) is 6.51. The number of nitrogens with one attached hydrogen (secondary N) is 1. The van der Waals surface area contributed by atoms with Gasteiger partial charge in [0.2, 0.25) is 0 Å². The maximum atomic E-state index is 11.4. The van der Waals surface area contributed by atoms with Crippen LogP contribution >= 0.6 is 11.3 Å². The maximum Gasteiger partial charge on any atom is 0.275 e. The summed E-state index contributed by atoms with van der Waals surface area (Å²) in [5.74, 6) is 4.85. The van der Waals surface area contributed by atoms with Gasteiger partial charge in [0.25, 0.3) is 5.91 Å². The molecular formula is C13H21N3O2S. The fraction of sp³-hybridized carbons (Fsp3) is 0.615. The predicted molar refractivity (Wildman–Crippen MR) is 75.7 cm³/mol. The molecule has 0 atom stereocenters. The Morgan fingerprint density at radius 3 is 2.84 bits per heavy atom. The molecule has 0 saturated heterocycles. The number of hydrogen-bond donors (Lipinski definition) is 3. The number of nitrogens with zero attached hydrogens (tertiary/aromatic N) is 1. The number of nitrogens with two attached hydrogens (primary N) is 1. The smallest absolute Gasteiger partial charge is 0.275 e. The van der Waals surface area contributed by atoms with Gasteiger partial charge >= 0.3 is 0 Å². The van der Waals surface area contributed by atoms with Gasteiger partial charge in [0, 0.05) is 18.0 Å². The minimum absolute atomic E-state index is 0.256. The summed E-state index contributed by atoms with van der Waals surface area (Å²) in [7, 11) is 2.00. The summed E-state index contributed by atoms with van der Waals surface area (Å²) in [6.45, 7) is 1.42. The highest BCUT2D eigenvalue weighted by molar-refractivity contribution is 7.14. The molecule has 1 aromatic rings. The first kappa shape index (κ1) is 14.5. The van der Waals surface area contributed by atoms with E-state index in [0.717, 1.165) is 37.1 Å². The Morgan fingerprint density at radius 1 is 1.53 bits per heavy atom. The van der Waals surface area contributed by atoms with Crippen LogP contribution in [0.1, 0.15) is 40.2 Å². The van der Waals surface area contributed by atoms with E-state index in [1.807, 2.05) is 13.1 Å². The highest BCUT2D eigenvalue weighted by Gasteiger charge is 2.32. The normalized spacial score (nSPS) is 17.9. The average Bonchev–Trinajstić information content (AvgIpc) is 2.97. The summed E-state index contributed by atoms with van der Waals surface area (Å²) in [4.78, 5) is 15.2. The van der Waals surface area contributed by atoms with Gasteiger partial charge in [-0.25, -0.2) is 5.84 Å². The van der Waals surface area contributed by atoms with Crippen molar-refractivity contribution in [3.05, 3.63) is 21.9 Å². The molecule has 1 fully saturated rings. The Hall–Kier alpha value is -0.950. The summed E-state index contributed by atoms with van der Waals surface area (Å²) < 4.78 is 0. The van der Waals surface area contributed by atoms with Crippen molar-refractivity contribution in [2.24, 2.45) is 5.84 Å². The topological polar surface area (TPSA) is 78.6 Å². The molecule has 106 valence electrons. The Balaban J connectivity index is 1.89. The van der Waals surface area contributed by atoms with Crippen LogP contribution < -0.4 is 11.3 Å². The maximum absolute atomic E-state index is 11.4. The molecule has 0 bridgehead atoms. The van der Waals surface area contributed by atoms with E-state index in [1.54, 1.807) is 6.07 Å². The van der Waals surface area contributed by atoms with Crippen molar-refractivity contribution in [3.63, 3.8) is 0 Å². The van der Waals surface area contributed by atoms with E-state index in [2.05, 4.69) is 10.3 Å². The van der Waals surface area contributed by atoms with Gasteiger partial charge in [0.05, 0.1) is 10.5 Å². The lowest BCUT2D eigenvalue weighted by molar-refractivity contribution is 0.0147. The number of likely N-dealkylation sites (N-methyl/N-ethyl adjacent to an activating group) is 1. The molecule has 0 radical (unpaired) electrons. The summed E-state index contributed by atoms with van der Waals surface area (Å²) in [5, 5.41) is 10.4. The average molecular weight is 283 g/mol. The molecule has 1 saturated carbocycles. The number of carbonyl (C=O) groups excluding carboxylic acids is 1. The minimum atomic E-state index is -0.524. The third-order valence-electron chi connectivity index (χ3n) is 3.54. The zero-order valence-corrected chi connectivity index (χ0v) is 12.0. The summed E-state index contributed by atoms with van der Waals surface area (Å²) in [5.41, 5.74) is 1.61. The highest BCUT2D eigenvalue weighted by Crippen LogP contribution is 2.30. The third-order valence-corrected chi connectivity index (χ3v) is 4.61. The van der Waals surface area contributed by atoms with Gasteiger partial charge in [-0.2, -0.15) is 0 Å². The first-order chi connectivity index (χ1) is 9.02. The van der Waals surface area contributed by atoms with Crippen molar-refractivity contribution in [2.45, 2.75) is 37.8 Å². The van der Waals surface area contributed by atoms with Gasteiger partial charge in [-0.05, 0) is 32.0 Å². The Bertz CT molecular complexity index is 441. The zero-order valence-electron chi connectivity index (χ0n) is 11.2. The van der Waals surface area contributed by atoms with Crippen molar-refractivity contribution in [3.8, 4) is 0 Å². The van der Waals surface area contributed by atoms with E-state index in [9.17, 15) is 9.90 Å². The van der Waals surface area contributed by atoms with Gasteiger partial charge in [-0.1, -0.05) is 12.8 Å². The molecule has 1 aliphatic rings. The number of thiophene rings is 1. The zero-order chi connectivity index (χ0) is 13.9. The van der Waals surface area contributed by atoms with Gasteiger partial charge in [-0.3, -0.25) is 15.1 Å². The highest BCUT2D eigenvalue weighted by atomic mass is 32.1. The van der Waals surface area contributed by atoms with Crippen molar-refractivity contribution < 1.29 is 9.90 Å². The van der Waals surface area contributed by atoms with E-state index in [4.69, 9.17) is 5.84 Å². The number of nitrogen functional groups attached to an aromatic ring is 1. The predicted octanol–water partition coefficient (Wildman–Crippen LogP) is 1.09. The molecule has 1 heterocycles. The van der Waals surface area contributed by atoms with Crippen LogP contribution in [-0.2, 0) is 6.54 Å². The number of aliphatic hydroxyl groups is 1. The first-order valence-electron chi connectivity index (χ1n) is 6.53. The van der Waals surface area contributed by atoms with E-state index in [-0.39, 0.29) is 5.91 Å². The van der Waals surface area contributed by atoms with E-state index >= 15 is 0 Å². The van der Waals surface area contributed by atoms with Crippen LogP contribution in [0.15, 0.2) is 12.1 Å². The standard InChI is InChI=1S/C13H21N3O2S/c1-16(9-13(18)6-2-3-7-13)8-10-4-5-11(19-10)12(17)15-14/h4-5,18H,2-3,6-9,14H2,1H3,(H,15,17). The molecule has 0 aliphatic heterocycles. The molecule has 2 rings (SSSR count). The lowest BCUT2D eigenvalue weighted by atomic mass is 10.0. The molecule has 5 nitrogen and oxygen atoms in total. The molecule has 19 heavy (non-hydrogen) atoms. The van der Waals surface area contributed by atoms with Crippen LogP contribution in [0.3, 0.4) is 0 Å². The molecule has 1 amide bonds. The number of carbonyl (C=O) groups is 1. The molecule has 0 unspecified atom stereocenters. The lowest BCUT2D eigenvalue weighted by Gasteiger charge is -2.28. The minimum Gasteiger partial charge on any atom is -0.389 e. The quantitative estimate of drug-likeness (QED) is 0.429. The van der Waals surface area contributed by atoms with Gasteiger partial charge in [0.15, 0.2) is 0 Å². The second kappa shape index (κ2) is 6.00. The largest absolute Gasteiger partial charge is 0.389 e. The molecule has 4 N–H and O–H groups in total. The number of hydrazine groups is 1. The van der Waals surface area contributed by atoms with Gasteiger partial charge in [-0.15, -0.1) is 11.3 Å². The Kier molecular flexibility index (Phi) is 4.57. The summed E-state index contributed by atoms with van der Waals surface area (Å²) in [6, 6.07) is 3.71. The monoisotopic (exact) mass is 283 g/mol. The number of rotatable bonds is 5. The van der Waals surface area contributed by atoms with Crippen LogP contribution in [-0.4, -0.2) is 35.1 Å². The first-order valence-corrected chi connectivity index (χ1v) is 7.35. The third kappa shape index (κ3) is 3.76. The van der Waals surface area contributed by atoms with E-state index in [0.29, 0.717) is 11.4 Å². The fourth-order valence-corrected chi connectivity index (χ4v) is 3.66. The molecule has 1 aliphatic carbocycles. The molecular weight excluding hydrogens is 262 g/mol. The fourth-order valence-electron chi connectivity index (χ4n) is 2.67. The Morgan fingerprint density at radius 2 is 2.21 bits per heavy atom. The molecule has 0 spiro atoms. The van der Waals surface area contributed by atoms with Gasteiger partial charge < -0.3 is 5.11 Å². The van der Waals surface area contributed by atoms with Gasteiger partial charge in [0.1, 0.15) is 0 Å². The van der Waals surface area contributed by atoms with Crippen LogP contribution in [0.5, 0.6) is 0 Å². The second-order valence-electron chi connectivity index (χ2n) is 5.34. The van der Waals surface area contributed by atoms with Crippen molar-refractivity contribution >= 4 is 17.2 Å². The lowest BCUT2D eigenvalue weighted by Crippen LogP contribution is -2.38. The van der Waals surface area contributed by atoms with Crippen molar-refractivity contribution in [1.29, 1.82) is 0 Å². The van der Waals surface area contributed by atoms with Crippen LogP contribution in [0, 0.1) is 0 Å². The van der Waals surface area contributed by atoms with Crippen molar-refractivity contribution in [1.82, 2.24) is 10.3 Å². The molecule has 1 aromatic heterocycles. The van der Waals surface area contributed by atoms with Crippen LogP contribution in [0.2, 0.25) is 0 Å². The van der Waals surface area contributed by atoms with E-state index < -0.39 is 5.60 Å². The van der Waals surface area contributed by atoms with Crippen molar-refractivity contribution in [2.75, 3.05) is 13.6 Å². The molecule has 6 heteroatoms. The summed E-state index contributed by atoms with van der Waals surface area (Å²) >= 11 is 1.44. The SMILES string of the molecule is CN(Cc1ccc(C(=O)NN)s1)CC1(O)CCCC1. The summed E-state index contributed by atoms with van der Waals surface area (Å²) in [6.07, 6.45) is 4.01. The number of hydrogen-bond acceptors (Lipinski definition) is 5.